The number of hydrogen-bond donors (Lipinski definition) is 1. The Hall–Kier alpha value is -0.0400. The van der Waals surface area contributed by atoms with Gasteiger partial charge in [0.05, 0.1) is 5.60 Å². The van der Waals surface area contributed by atoms with E-state index in [9.17, 15) is 5.11 Å². The zero-order valence-electron chi connectivity index (χ0n) is 7.34. The van der Waals surface area contributed by atoms with Crippen LogP contribution >= 0.6 is 0 Å². The smallest absolute Gasteiger partial charge is 0.0650 e. The summed E-state index contributed by atoms with van der Waals surface area (Å²) in [6.07, 6.45) is 7.72. The van der Waals surface area contributed by atoms with Gasteiger partial charge in [0, 0.05) is 0 Å². The molecule has 0 aromatic carbocycles. The van der Waals surface area contributed by atoms with E-state index in [0.717, 1.165) is 12.3 Å². The van der Waals surface area contributed by atoms with Crippen LogP contribution in [0.4, 0.5) is 0 Å². The Labute approximate surface area is 68.8 Å². The minimum absolute atomic E-state index is 0.314. The van der Waals surface area contributed by atoms with Gasteiger partial charge in [-0.25, -0.2) is 0 Å². The standard InChI is InChI=1S/C10H18O/c1-10(11)7-6-8-4-2-3-5-9(8)10/h8-9,11H,2-7H2,1H3. The second-order valence-electron chi connectivity index (χ2n) is 4.55. The van der Waals surface area contributed by atoms with Crippen molar-refractivity contribution in [2.75, 3.05) is 0 Å². The quantitative estimate of drug-likeness (QED) is 0.568. The van der Waals surface area contributed by atoms with E-state index in [1.165, 1.54) is 32.1 Å². The molecule has 1 N–H and O–H groups in total. The van der Waals surface area contributed by atoms with Crippen molar-refractivity contribution in [3.63, 3.8) is 0 Å². The minimum Gasteiger partial charge on any atom is -0.390 e. The number of aliphatic hydroxyl groups is 1. The SMILES string of the molecule is CC1(O)CCC2CCCCC21. The predicted octanol–water partition coefficient (Wildman–Crippen LogP) is 2.34. The molecular formula is C10H18O. The van der Waals surface area contributed by atoms with Gasteiger partial charge in [-0.15, -0.1) is 0 Å². The van der Waals surface area contributed by atoms with E-state index in [1.54, 1.807) is 0 Å². The van der Waals surface area contributed by atoms with Crippen molar-refractivity contribution in [2.45, 2.75) is 51.0 Å². The third kappa shape index (κ3) is 1.20. The van der Waals surface area contributed by atoms with E-state index in [-0.39, 0.29) is 5.60 Å². The monoisotopic (exact) mass is 154 g/mol. The molecule has 2 fully saturated rings. The maximum atomic E-state index is 9.99. The highest BCUT2D eigenvalue weighted by molar-refractivity contribution is 4.95. The molecule has 2 saturated carbocycles. The second kappa shape index (κ2) is 2.48. The molecule has 64 valence electrons. The summed E-state index contributed by atoms with van der Waals surface area (Å²) in [5.74, 6) is 1.50. The summed E-state index contributed by atoms with van der Waals surface area (Å²) < 4.78 is 0. The Kier molecular flexibility index (Phi) is 1.71. The molecule has 1 nitrogen and oxygen atoms in total. The average molecular weight is 154 g/mol. The van der Waals surface area contributed by atoms with Gasteiger partial charge < -0.3 is 5.11 Å². The molecular weight excluding hydrogens is 136 g/mol. The molecule has 11 heavy (non-hydrogen) atoms. The van der Waals surface area contributed by atoms with Gasteiger partial charge in [-0.1, -0.05) is 19.3 Å². The zero-order valence-corrected chi connectivity index (χ0v) is 7.34. The van der Waals surface area contributed by atoms with Crippen LogP contribution in [0.3, 0.4) is 0 Å². The molecule has 3 atom stereocenters. The molecule has 0 aromatic heterocycles. The van der Waals surface area contributed by atoms with Crippen molar-refractivity contribution in [2.24, 2.45) is 11.8 Å². The normalized spacial score (nSPS) is 50.7. The van der Waals surface area contributed by atoms with Gasteiger partial charge in [0.2, 0.25) is 0 Å². The van der Waals surface area contributed by atoms with Crippen LogP contribution in [0.1, 0.15) is 45.4 Å². The third-order valence-corrected chi connectivity index (χ3v) is 3.73. The summed E-state index contributed by atoms with van der Waals surface area (Å²) in [6, 6.07) is 0. The molecule has 0 saturated heterocycles. The lowest BCUT2D eigenvalue weighted by molar-refractivity contribution is -0.00194. The lowest BCUT2D eigenvalue weighted by Crippen LogP contribution is -2.33. The van der Waals surface area contributed by atoms with Gasteiger partial charge in [-0.05, 0) is 38.0 Å². The zero-order chi connectivity index (χ0) is 7.90. The maximum absolute atomic E-state index is 9.99. The first-order valence-electron chi connectivity index (χ1n) is 4.92. The van der Waals surface area contributed by atoms with Crippen molar-refractivity contribution in [3.05, 3.63) is 0 Å². The van der Waals surface area contributed by atoms with E-state index < -0.39 is 0 Å². The number of fused-ring (bicyclic) bond motifs is 1. The van der Waals surface area contributed by atoms with Crippen LogP contribution in [-0.2, 0) is 0 Å². The average Bonchev–Trinajstić information content (AvgIpc) is 2.29. The molecule has 2 rings (SSSR count). The third-order valence-electron chi connectivity index (χ3n) is 3.73. The van der Waals surface area contributed by atoms with E-state index in [4.69, 9.17) is 0 Å². The molecule has 2 aliphatic rings. The Morgan fingerprint density at radius 1 is 1.18 bits per heavy atom. The summed E-state index contributed by atoms with van der Waals surface area (Å²) in [6.45, 7) is 2.03. The highest BCUT2D eigenvalue weighted by Crippen LogP contribution is 2.47. The fraction of sp³-hybridized carbons (Fsp3) is 1.00. The van der Waals surface area contributed by atoms with Gasteiger partial charge in [-0.2, -0.15) is 0 Å². The van der Waals surface area contributed by atoms with Gasteiger partial charge in [-0.3, -0.25) is 0 Å². The lowest BCUT2D eigenvalue weighted by Gasteiger charge is -2.32. The first-order chi connectivity index (χ1) is 5.20. The van der Waals surface area contributed by atoms with Crippen LogP contribution in [-0.4, -0.2) is 10.7 Å². The van der Waals surface area contributed by atoms with Crippen LogP contribution in [0.25, 0.3) is 0 Å². The first kappa shape index (κ1) is 7.60. The molecule has 0 spiro atoms. The van der Waals surface area contributed by atoms with E-state index in [2.05, 4.69) is 0 Å². The summed E-state index contributed by atoms with van der Waals surface area (Å²) in [5.41, 5.74) is -0.314. The Morgan fingerprint density at radius 2 is 1.91 bits per heavy atom. The molecule has 0 heterocycles. The van der Waals surface area contributed by atoms with Gasteiger partial charge in [0.25, 0.3) is 0 Å². The summed E-state index contributed by atoms with van der Waals surface area (Å²) in [4.78, 5) is 0. The van der Waals surface area contributed by atoms with Gasteiger partial charge in [0.15, 0.2) is 0 Å². The van der Waals surface area contributed by atoms with Gasteiger partial charge >= 0.3 is 0 Å². The van der Waals surface area contributed by atoms with Crippen molar-refractivity contribution in [1.82, 2.24) is 0 Å². The van der Waals surface area contributed by atoms with Crippen LogP contribution in [0.15, 0.2) is 0 Å². The highest BCUT2D eigenvalue weighted by Gasteiger charge is 2.44. The molecule has 1 heteroatoms. The molecule has 0 aromatic rings. The largest absolute Gasteiger partial charge is 0.390 e. The fourth-order valence-corrected chi connectivity index (χ4v) is 3.03. The lowest BCUT2D eigenvalue weighted by atomic mass is 9.77. The van der Waals surface area contributed by atoms with Crippen LogP contribution in [0, 0.1) is 11.8 Å². The second-order valence-corrected chi connectivity index (χ2v) is 4.55. The van der Waals surface area contributed by atoms with Crippen molar-refractivity contribution < 1.29 is 5.11 Å². The maximum Gasteiger partial charge on any atom is 0.0650 e. The van der Waals surface area contributed by atoms with Crippen molar-refractivity contribution in [3.8, 4) is 0 Å². The molecule has 0 amide bonds. The highest BCUT2D eigenvalue weighted by atomic mass is 16.3. The Bertz CT molecular complexity index is 151. The van der Waals surface area contributed by atoms with Crippen LogP contribution < -0.4 is 0 Å². The molecule has 0 radical (unpaired) electrons. The molecule has 2 aliphatic carbocycles. The molecule has 3 unspecified atom stereocenters. The predicted molar refractivity (Wildman–Crippen MR) is 45.3 cm³/mol. The van der Waals surface area contributed by atoms with Crippen LogP contribution in [0.2, 0.25) is 0 Å². The number of hydrogen-bond acceptors (Lipinski definition) is 1. The Balaban J connectivity index is 2.10. The van der Waals surface area contributed by atoms with Gasteiger partial charge in [0.1, 0.15) is 0 Å². The van der Waals surface area contributed by atoms with Crippen molar-refractivity contribution >= 4 is 0 Å². The fourth-order valence-electron chi connectivity index (χ4n) is 3.03. The molecule has 0 aliphatic heterocycles. The Morgan fingerprint density at radius 3 is 2.64 bits per heavy atom. The van der Waals surface area contributed by atoms with Crippen molar-refractivity contribution in [1.29, 1.82) is 0 Å². The van der Waals surface area contributed by atoms with E-state index >= 15 is 0 Å². The van der Waals surface area contributed by atoms with Crippen LogP contribution in [0.5, 0.6) is 0 Å². The number of rotatable bonds is 0. The van der Waals surface area contributed by atoms with E-state index in [0.29, 0.717) is 5.92 Å². The summed E-state index contributed by atoms with van der Waals surface area (Å²) in [5, 5.41) is 9.99. The summed E-state index contributed by atoms with van der Waals surface area (Å²) >= 11 is 0. The van der Waals surface area contributed by atoms with E-state index in [1.807, 2.05) is 6.92 Å². The first-order valence-corrected chi connectivity index (χ1v) is 4.92. The summed E-state index contributed by atoms with van der Waals surface area (Å²) in [7, 11) is 0. The minimum atomic E-state index is -0.314. The topological polar surface area (TPSA) is 20.2 Å². The molecule has 0 bridgehead atoms.